The number of nitrogens with one attached hydrogen (secondary N) is 2. The van der Waals surface area contributed by atoms with Crippen molar-refractivity contribution in [2.75, 3.05) is 20.3 Å². The average molecular weight is 419 g/mol. The zero-order valence-electron chi connectivity index (χ0n) is 16.4. The molecule has 0 saturated heterocycles. The van der Waals surface area contributed by atoms with Crippen molar-refractivity contribution in [2.45, 2.75) is 0 Å². The van der Waals surface area contributed by atoms with Gasteiger partial charge in [-0.25, -0.2) is 4.99 Å². The molecule has 0 atom stereocenters. The summed E-state index contributed by atoms with van der Waals surface area (Å²) in [6, 6.07) is 13.8. The fourth-order valence-corrected chi connectivity index (χ4v) is 2.89. The highest BCUT2D eigenvalue weighted by Crippen LogP contribution is 2.30. The van der Waals surface area contributed by atoms with Gasteiger partial charge in [0.2, 0.25) is 0 Å². The first-order valence-electron chi connectivity index (χ1n) is 9.12. The minimum absolute atomic E-state index is 0.136. The average Bonchev–Trinajstić information content (AvgIpc) is 3.13. The summed E-state index contributed by atoms with van der Waals surface area (Å²) in [5.41, 5.74) is 1.09. The summed E-state index contributed by atoms with van der Waals surface area (Å²) in [5, 5.41) is 25.6. The summed E-state index contributed by atoms with van der Waals surface area (Å²) < 4.78 is 4.88. The van der Waals surface area contributed by atoms with E-state index >= 15 is 0 Å². The van der Waals surface area contributed by atoms with Gasteiger partial charge >= 0.3 is 0 Å². The van der Waals surface area contributed by atoms with Crippen LogP contribution >= 0.6 is 0 Å². The molecule has 0 fully saturated rings. The van der Waals surface area contributed by atoms with E-state index in [0.29, 0.717) is 11.1 Å². The molecule has 10 heteroatoms. The number of hydrogen-bond donors (Lipinski definition) is 2. The maximum Gasteiger partial charge on any atom is 0.269 e. The van der Waals surface area contributed by atoms with Crippen LogP contribution in [0.2, 0.25) is 0 Å². The first-order valence-corrected chi connectivity index (χ1v) is 9.12. The normalized spacial score (nSPS) is 13.5. The largest absolute Gasteiger partial charge is 0.383 e. The van der Waals surface area contributed by atoms with Crippen LogP contribution in [0, 0.1) is 21.4 Å². The van der Waals surface area contributed by atoms with Gasteiger partial charge < -0.3 is 15.4 Å². The second-order valence-corrected chi connectivity index (χ2v) is 6.35. The van der Waals surface area contributed by atoms with Crippen molar-refractivity contribution in [3.8, 4) is 6.07 Å². The number of amidine groups is 1. The lowest BCUT2D eigenvalue weighted by atomic mass is 10.0. The van der Waals surface area contributed by atoms with E-state index in [9.17, 15) is 25.0 Å². The number of methoxy groups -OCH3 is 1. The van der Waals surface area contributed by atoms with Crippen LogP contribution in [0.3, 0.4) is 0 Å². The minimum Gasteiger partial charge on any atom is -0.383 e. The molecule has 2 aromatic rings. The van der Waals surface area contributed by atoms with Crippen LogP contribution in [0.5, 0.6) is 0 Å². The fourth-order valence-electron chi connectivity index (χ4n) is 2.89. The second-order valence-electron chi connectivity index (χ2n) is 6.35. The summed E-state index contributed by atoms with van der Waals surface area (Å²) in [7, 11) is 1.49. The lowest BCUT2D eigenvalue weighted by Gasteiger charge is -2.06. The van der Waals surface area contributed by atoms with Crippen LogP contribution in [0.25, 0.3) is 5.70 Å². The Morgan fingerprint density at radius 3 is 2.45 bits per heavy atom. The third kappa shape index (κ3) is 4.63. The van der Waals surface area contributed by atoms with E-state index in [1.165, 1.54) is 31.4 Å². The Labute approximate surface area is 177 Å². The molecule has 2 aromatic carbocycles. The third-order valence-electron chi connectivity index (χ3n) is 4.40. The monoisotopic (exact) mass is 419 g/mol. The van der Waals surface area contributed by atoms with Crippen molar-refractivity contribution in [1.29, 1.82) is 5.26 Å². The molecule has 2 amide bonds. The number of fused-ring (bicyclic) bond motifs is 1. The lowest BCUT2D eigenvalue weighted by Crippen LogP contribution is -2.30. The Kier molecular flexibility index (Phi) is 6.49. The Bertz CT molecular complexity index is 1150. The number of nitro benzene ring substituents is 1. The highest BCUT2D eigenvalue weighted by molar-refractivity contribution is 6.20. The zero-order chi connectivity index (χ0) is 22.4. The molecular weight excluding hydrogens is 402 g/mol. The molecule has 10 nitrogen and oxygen atoms in total. The topological polar surface area (TPSA) is 147 Å². The van der Waals surface area contributed by atoms with Gasteiger partial charge in [0.1, 0.15) is 17.5 Å². The predicted octanol–water partition coefficient (Wildman–Crippen LogP) is 1.78. The van der Waals surface area contributed by atoms with E-state index in [2.05, 4.69) is 15.6 Å². The summed E-state index contributed by atoms with van der Waals surface area (Å²) in [6.45, 7) is 0.513. The quantitative estimate of drug-likeness (QED) is 0.240. The number of nitro groups is 1. The number of nitrogens with zero attached hydrogens (tertiary/aromatic N) is 3. The van der Waals surface area contributed by atoms with Crippen molar-refractivity contribution in [3.05, 3.63) is 80.9 Å². The van der Waals surface area contributed by atoms with E-state index in [-0.39, 0.29) is 41.5 Å². The Hall–Kier alpha value is -4.36. The highest BCUT2D eigenvalue weighted by atomic mass is 16.6. The number of hydrogen-bond acceptors (Lipinski definition) is 7. The molecular formula is C21H17N5O5. The van der Waals surface area contributed by atoms with Gasteiger partial charge in [-0.15, -0.1) is 0 Å². The van der Waals surface area contributed by atoms with Crippen LogP contribution in [0.15, 0.2) is 59.1 Å². The Morgan fingerprint density at radius 1 is 1.16 bits per heavy atom. The first-order chi connectivity index (χ1) is 15.0. The van der Waals surface area contributed by atoms with Crippen molar-refractivity contribution in [2.24, 2.45) is 4.99 Å². The van der Waals surface area contributed by atoms with Crippen LogP contribution in [-0.4, -0.2) is 42.8 Å². The number of nitriles is 1. The van der Waals surface area contributed by atoms with Crippen LogP contribution < -0.4 is 10.6 Å². The number of non-ortho nitro benzene ring substituents is 1. The summed E-state index contributed by atoms with van der Waals surface area (Å²) >= 11 is 0. The van der Waals surface area contributed by atoms with Crippen molar-refractivity contribution in [3.63, 3.8) is 0 Å². The summed E-state index contributed by atoms with van der Waals surface area (Å²) in [4.78, 5) is 39.6. The molecule has 0 aromatic heterocycles. The third-order valence-corrected chi connectivity index (χ3v) is 4.40. The van der Waals surface area contributed by atoms with E-state index in [1.54, 1.807) is 24.3 Å². The molecule has 156 valence electrons. The molecule has 0 spiro atoms. The van der Waals surface area contributed by atoms with Gasteiger partial charge in [-0.2, -0.15) is 5.26 Å². The summed E-state index contributed by atoms with van der Waals surface area (Å²) in [6.07, 6.45) is 0. The van der Waals surface area contributed by atoms with Crippen molar-refractivity contribution < 1.29 is 19.2 Å². The molecule has 0 unspecified atom stereocenters. The maximum atomic E-state index is 12.6. The number of rotatable bonds is 6. The van der Waals surface area contributed by atoms with Gasteiger partial charge in [-0.1, -0.05) is 24.3 Å². The van der Waals surface area contributed by atoms with Crippen molar-refractivity contribution in [1.82, 2.24) is 10.6 Å². The van der Waals surface area contributed by atoms with Crippen molar-refractivity contribution >= 4 is 29.0 Å². The van der Waals surface area contributed by atoms with Gasteiger partial charge in [0.05, 0.1) is 17.2 Å². The minimum atomic E-state index is -0.601. The lowest BCUT2D eigenvalue weighted by molar-refractivity contribution is -0.384. The van der Waals surface area contributed by atoms with Crippen LogP contribution in [0.4, 0.5) is 5.69 Å². The zero-order valence-corrected chi connectivity index (χ0v) is 16.4. The van der Waals surface area contributed by atoms with Gasteiger partial charge in [0.25, 0.3) is 17.5 Å². The van der Waals surface area contributed by atoms with Crippen LogP contribution in [-0.2, 0) is 9.53 Å². The van der Waals surface area contributed by atoms with Crippen LogP contribution in [0.1, 0.15) is 21.5 Å². The number of ether oxygens (including phenoxy) is 1. The molecule has 0 aliphatic carbocycles. The van der Waals surface area contributed by atoms with Gasteiger partial charge in [-0.05, 0) is 12.1 Å². The first kappa shape index (κ1) is 21.4. The van der Waals surface area contributed by atoms with E-state index in [4.69, 9.17) is 4.74 Å². The SMILES string of the molecule is COCCNC(=O)/C(C#N)=C1\N=C(NC(=O)c2ccc([N+](=O)[O-])cc2)c2ccccc21. The molecule has 31 heavy (non-hydrogen) atoms. The van der Waals surface area contributed by atoms with E-state index in [1.807, 2.05) is 6.07 Å². The standard InChI is InChI=1S/C21H17N5O5/c1-31-11-10-23-21(28)17(12-22)18-15-4-2-3-5-16(15)19(24-18)25-20(27)13-6-8-14(9-7-13)26(29)30/h2-9H,10-11H2,1H3,(H,23,28)(H,24,25,27)/b18-17-. The molecule has 0 bridgehead atoms. The second kappa shape index (κ2) is 9.43. The number of aliphatic imine (C=N–C) groups is 1. The predicted molar refractivity (Wildman–Crippen MR) is 111 cm³/mol. The van der Waals surface area contributed by atoms with E-state index in [0.717, 1.165) is 0 Å². The number of amides is 2. The number of benzene rings is 2. The number of carbonyl (C=O) groups excluding carboxylic acids is 2. The van der Waals surface area contributed by atoms with Gasteiger partial charge in [0, 0.05) is 42.5 Å². The molecule has 1 aliphatic heterocycles. The molecule has 2 N–H and O–H groups in total. The molecule has 3 rings (SSSR count). The Balaban J connectivity index is 1.91. The molecule has 0 radical (unpaired) electrons. The highest BCUT2D eigenvalue weighted by Gasteiger charge is 2.27. The molecule has 0 saturated carbocycles. The smallest absolute Gasteiger partial charge is 0.269 e. The maximum absolute atomic E-state index is 12.6. The van der Waals surface area contributed by atoms with Gasteiger partial charge in [-0.3, -0.25) is 19.7 Å². The summed E-state index contributed by atoms with van der Waals surface area (Å²) in [5.74, 6) is -0.963. The molecule has 1 aliphatic rings. The Morgan fingerprint density at radius 2 is 1.84 bits per heavy atom. The van der Waals surface area contributed by atoms with Gasteiger partial charge in [0.15, 0.2) is 0 Å². The number of carbonyl (C=O) groups is 2. The fraction of sp³-hybridized carbons (Fsp3) is 0.143. The molecule has 1 heterocycles. The van der Waals surface area contributed by atoms with E-state index < -0.39 is 16.7 Å².